The summed E-state index contributed by atoms with van der Waals surface area (Å²) in [6.07, 6.45) is 3.36. The molecule has 3 nitrogen and oxygen atoms in total. The molecule has 0 aliphatic rings. The summed E-state index contributed by atoms with van der Waals surface area (Å²) < 4.78 is 0. The molecular weight excluding hydrogens is 280 g/mol. The molecule has 3 aromatic rings. The third-order valence-corrected chi connectivity index (χ3v) is 4.12. The monoisotopic (exact) mass is 294 g/mol. The van der Waals surface area contributed by atoms with E-state index in [1.807, 2.05) is 54.8 Å². The molecule has 104 valence electrons. The molecule has 0 radical (unpaired) electrons. The summed E-state index contributed by atoms with van der Waals surface area (Å²) in [5, 5.41) is 4.93. The summed E-state index contributed by atoms with van der Waals surface area (Å²) in [5.74, 6) is -0.143. The Morgan fingerprint density at radius 2 is 2.00 bits per heavy atom. The van der Waals surface area contributed by atoms with E-state index in [4.69, 9.17) is 0 Å². The van der Waals surface area contributed by atoms with E-state index in [1.165, 1.54) is 0 Å². The predicted octanol–water partition coefficient (Wildman–Crippen LogP) is 4.37. The minimum atomic E-state index is -0.143. The highest BCUT2D eigenvalue weighted by molar-refractivity contribution is 7.13. The quantitative estimate of drug-likeness (QED) is 0.779. The average Bonchev–Trinajstić information content (AvgIpc) is 3.04. The fraction of sp³-hybridized carbons (Fsp3) is 0.0588. The van der Waals surface area contributed by atoms with E-state index in [2.05, 4.69) is 10.3 Å². The van der Waals surface area contributed by atoms with Gasteiger partial charge in [0, 0.05) is 28.5 Å². The molecule has 0 unspecified atom stereocenters. The van der Waals surface area contributed by atoms with E-state index < -0.39 is 0 Å². The van der Waals surface area contributed by atoms with Gasteiger partial charge in [-0.25, -0.2) is 0 Å². The number of nitrogens with zero attached hydrogens (tertiary/aromatic N) is 1. The van der Waals surface area contributed by atoms with Crippen LogP contribution >= 0.6 is 11.3 Å². The number of pyridine rings is 1. The van der Waals surface area contributed by atoms with Crippen LogP contribution in [-0.2, 0) is 0 Å². The van der Waals surface area contributed by atoms with Gasteiger partial charge in [-0.05, 0) is 36.1 Å². The first-order chi connectivity index (χ1) is 10.2. The Bertz CT molecular complexity index is 766. The van der Waals surface area contributed by atoms with E-state index in [0.717, 1.165) is 21.7 Å². The Kier molecular flexibility index (Phi) is 3.79. The first-order valence-electron chi connectivity index (χ1n) is 6.60. The number of aromatic nitrogens is 1. The van der Waals surface area contributed by atoms with Gasteiger partial charge < -0.3 is 5.32 Å². The summed E-state index contributed by atoms with van der Waals surface area (Å²) in [7, 11) is 0. The van der Waals surface area contributed by atoms with Gasteiger partial charge in [-0.2, -0.15) is 0 Å². The SMILES string of the molecule is Cc1ccccc1NC(=O)c1cncc(-c2cccs2)c1. The zero-order chi connectivity index (χ0) is 14.7. The van der Waals surface area contributed by atoms with Crippen LogP contribution in [0.1, 0.15) is 15.9 Å². The molecule has 0 saturated carbocycles. The van der Waals surface area contributed by atoms with Gasteiger partial charge in [0.2, 0.25) is 0 Å². The molecule has 1 aromatic carbocycles. The lowest BCUT2D eigenvalue weighted by molar-refractivity contribution is 0.102. The Balaban J connectivity index is 1.85. The Hall–Kier alpha value is -2.46. The third-order valence-electron chi connectivity index (χ3n) is 3.20. The predicted molar refractivity (Wildman–Crippen MR) is 86.7 cm³/mol. The molecule has 0 saturated heterocycles. The highest BCUT2D eigenvalue weighted by Crippen LogP contribution is 2.24. The van der Waals surface area contributed by atoms with Crippen LogP contribution in [0.4, 0.5) is 5.69 Å². The second-order valence-corrected chi connectivity index (χ2v) is 5.66. The number of carbonyl (C=O) groups is 1. The number of nitrogens with one attached hydrogen (secondary N) is 1. The maximum Gasteiger partial charge on any atom is 0.257 e. The number of hydrogen-bond acceptors (Lipinski definition) is 3. The van der Waals surface area contributed by atoms with Crippen LogP contribution in [0.5, 0.6) is 0 Å². The van der Waals surface area contributed by atoms with Crippen LogP contribution in [-0.4, -0.2) is 10.9 Å². The van der Waals surface area contributed by atoms with E-state index in [0.29, 0.717) is 5.56 Å². The van der Waals surface area contributed by atoms with Crippen molar-refractivity contribution in [1.29, 1.82) is 0 Å². The second-order valence-electron chi connectivity index (χ2n) is 4.71. The van der Waals surface area contributed by atoms with Crippen molar-refractivity contribution in [3.8, 4) is 10.4 Å². The molecule has 2 heterocycles. The largest absolute Gasteiger partial charge is 0.322 e. The van der Waals surface area contributed by atoms with E-state index in [9.17, 15) is 4.79 Å². The van der Waals surface area contributed by atoms with E-state index in [-0.39, 0.29) is 5.91 Å². The molecule has 0 fully saturated rings. The average molecular weight is 294 g/mol. The lowest BCUT2D eigenvalue weighted by Gasteiger charge is -2.08. The Morgan fingerprint density at radius 3 is 2.76 bits per heavy atom. The lowest BCUT2D eigenvalue weighted by atomic mass is 10.1. The molecule has 0 aliphatic carbocycles. The third kappa shape index (κ3) is 3.01. The Morgan fingerprint density at radius 1 is 1.14 bits per heavy atom. The van der Waals surface area contributed by atoms with Crippen LogP contribution in [0.3, 0.4) is 0 Å². The number of thiophene rings is 1. The fourth-order valence-corrected chi connectivity index (χ4v) is 2.76. The first kappa shape index (κ1) is 13.5. The standard InChI is InChI=1S/C17H14N2OS/c1-12-5-2-3-6-15(12)19-17(20)14-9-13(10-18-11-14)16-7-4-8-21-16/h2-11H,1H3,(H,19,20). The van der Waals surface area contributed by atoms with Crippen molar-refractivity contribution >= 4 is 22.9 Å². The number of hydrogen-bond donors (Lipinski definition) is 1. The first-order valence-corrected chi connectivity index (χ1v) is 7.48. The number of benzene rings is 1. The minimum Gasteiger partial charge on any atom is -0.322 e. The number of amides is 1. The van der Waals surface area contributed by atoms with Crippen LogP contribution < -0.4 is 5.32 Å². The summed E-state index contributed by atoms with van der Waals surface area (Å²) in [5.41, 5.74) is 3.38. The van der Waals surface area contributed by atoms with Gasteiger partial charge in [0.25, 0.3) is 5.91 Å². The van der Waals surface area contributed by atoms with Gasteiger partial charge >= 0.3 is 0 Å². The zero-order valence-electron chi connectivity index (χ0n) is 11.5. The zero-order valence-corrected chi connectivity index (χ0v) is 12.4. The fourth-order valence-electron chi connectivity index (χ4n) is 2.05. The molecule has 0 spiro atoms. The van der Waals surface area contributed by atoms with Crippen molar-refractivity contribution in [2.75, 3.05) is 5.32 Å². The van der Waals surface area contributed by atoms with Gasteiger partial charge in [-0.15, -0.1) is 11.3 Å². The van der Waals surface area contributed by atoms with Crippen molar-refractivity contribution < 1.29 is 4.79 Å². The van der Waals surface area contributed by atoms with Gasteiger partial charge in [-0.3, -0.25) is 9.78 Å². The molecule has 0 aliphatic heterocycles. The lowest BCUT2D eigenvalue weighted by Crippen LogP contribution is -2.13. The number of anilines is 1. The smallest absolute Gasteiger partial charge is 0.257 e. The van der Waals surface area contributed by atoms with Gasteiger partial charge in [0.15, 0.2) is 0 Å². The van der Waals surface area contributed by atoms with Crippen LogP contribution in [0.15, 0.2) is 60.2 Å². The summed E-state index contributed by atoms with van der Waals surface area (Å²) in [6, 6.07) is 13.6. The molecular formula is C17H14N2OS. The maximum atomic E-state index is 12.3. The number of para-hydroxylation sites is 1. The van der Waals surface area contributed by atoms with Crippen molar-refractivity contribution in [2.45, 2.75) is 6.92 Å². The number of carbonyl (C=O) groups excluding carboxylic acids is 1. The topological polar surface area (TPSA) is 42.0 Å². The van der Waals surface area contributed by atoms with Crippen molar-refractivity contribution in [3.63, 3.8) is 0 Å². The molecule has 1 N–H and O–H groups in total. The van der Waals surface area contributed by atoms with Crippen molar-refractivity contribution in [3.05, 3.63) is 71.4 Å². The summed E-state index contributed by atoms with van der Waals surface area (Å²) in [6.45, 7) is 1.97. The normalized spacial score (nSPS) is 10.3. The van der Waals surface area contributed by atoms with E-state index in [1.54, 1.807) is 23.7 Å². The summed E-state index contributed by atoms with van der Waals surface area (Å²) in [4.78, 5) is 17.6. The van der Waals surface area contributed by atoms with Crippen LogP contribution in [0, 0.1) is 6.92 Å². The van der Waals surface area contributed by atoms with Gasteiger partial charge in [-0.1, -0.05) is 24.3 Å². The molecule has 2 aromatic heterocycles. The van der Waals surface area contributed by atoms with Crippen LogP contribution in [0.25, 0.3) is 10.4 Å². The Labute approximate surface area is 127 Å². The number of aryl methyl sites for hydroxylation is 1. The van der Waals surface area contributed by atoms with Crippen molar-refractivity contribution in [2.24, 2.45) is 0 Å². The maximum absolute atomic E-state index is 12.3. The molecule has 1 amide bonds. The number of rotatable bonds is 3. The molecule has 4 heteroatoms. The highest BCUT2D eigenvalue weighted by atomic mass is 32.1. The summed E-state index contributed by atoms with van der Waals surface area (Å²) >= 11 is 1.63. The van der Waals surface area contributed by atoms with E-state index >= 15 is 0 Å². The van der Waals surface area contributed by atoms with Crippen LogP contribution in [0.2, 0.25) is 0 Å². The highest BCUT2D eigenvalue weighted by Gasteiger charge is 2.09. The van der Waals surface area contributed by atoms with Gasteiger partial charge in [0.1, 0.15) is 0 Å². The molecule has 0 bridgehead atoms. The molecule has 3 rings (SSSR count). The van der Waals surface area contributed by atoms with Gasteiger partial charge in [0.05, 0.1) is 5.56 Å². The minimum absolute atomic E-state index is 0.143. The second kappa shape index (κ2) is 5.89. The molecule has 21 heavy (non-hydrogen) atoms. The molecule has 0 atom stereocenters. The van der Waals surface area contributed by atoms with Crippen molar-refractivity contribution in [1.82, 2.24) is 4.98 Å².